The predicted molar refractivity (Wildman–Crippen MR) is 60.6 cm³/mol. The zero-order valence-corrected chi connectivity index (χ0v) is 9.67. The molecule has 1 aliphatic carbocycles. The summed E-state index contributed by atoms with van der Waals surface area (Å²) < 4.78 is 5.22. The van der Waals surface area contributed by atoms with Crippen LogP contribution in [-0.4, -0.2) is 25.2 Å². The zero-order valence-electron chi connectivity index (χ0n) is 9.67. The molecule has 0 saturated heterocycles. The van der Waals surface area contributed by atoms with E-state index >= 15 is 0 Å². The number of rotatable bonds is 4. The summed E-state index contributed by atoms with van der Waals surface area (Å²) in [6.45, 7) is 3.99. The van der Waals surface area contributed by atoms with Gasteiger partial charge in [0.2, 0.25) is 0 Å². The molecule has 15 heavy (non-hydrogen) atoms. The van der Waals surface area contributed by atoms with Gasteiger partial charge in [-0.05, 0) is 39.3 Å². The van der Waals surface area contributed by atoms with E-state index in [1.807, 2.05) is 6.08 Å². The van der Waals surface area contributed by atoms with Crippen molar-refractivity contribution >= 4 is 5.97 Å². The molecule has 0 unspecified atom stereocenters. The number of nitrogens with one attached hydrogen (secondary N) is 1. The van der Waals surface area contributed by atoms with Crippen LogP contribution in [0, 0.1) is 0 Å². The van der Waals surface area contributed by atoms with Crippen LogP contribution in [0.5, 0.6) is 0 Å². The van der Waals surface area contributed by atoms with Gasteiger partial charge in [-0.2, -0.15) is 0 Å². The summed E-state index contributed by atoms with van der Waals surface area (Å²) in [5, 5.41) is 2.92. The molecule has 0 aromatic carbocycles. The second kappa shape index (κ2) is 5.12. The van der Waals surface area contributed by atoms with Crippen LogP contribution in [0.3, 0.4) is 0 Å². The van der Waals surface area contributed by atoms with Crippen molar-refractivity contribution in [2.75, 3.05) is 13.7 Å². The van der Waals surface area contributed by atoms with Crippen molar-refractivity contribution < 1.29 is 9.53 Å². The summed E-state index contributed by atoms with van der Waals surface area (Å²) in [5.41, 5.74) is 0.473. The molecule has 1 N–H and O–H groups in total. The molecule has 1 rings (SSSR count). The Morgan fingerprint density at radius 2 is 2.27 bits per heavy atom. The molecule has 0 bridgehead atoms. The molecule has 84 valence electrons. The third-order valence-corrected chi connectivity index (χ3v) is 2.58. The van der Waals surface area contributed by atoms with Crippen molar-refractivity contribution in [3.63, 3.8) is 0 Å². The van der Waals surface area contributed by atoms with Crippen molar-refractivity contribution in [3.05, 3.63) is 23.8 Å². The molecule has 3 nitrogen and oxygen atoms in total. The first-order chi connectivity index (χ1) is 7.06. The molecule has 0 atom stereocenters. The molecule has 0 radical (unpaired) electrons. The lowest BCUT2D eigenvalue weighted by atomic mass is 10.1. The number of hydrogen-bond donors (Lipinski definition) is 1. The summed E-state index contributed by atoms with van der Waals surface area (Å²) >= 11 is 0. The monoisotopic (exact) mass is 209 g/mol. The van der Waals surface area contributed by atoms with Gasteiger partial charge in [0.25, 0.3) is 0 Å². The molecule has 0 saturated carbocycles. The Morgan fingerprint density at radius 3 is 2.80 bits per heavy atom. The SMILES string of the molecule is CNC(C)(C)C(=O)OCC1=CCCC=C1. The molecular formula is C12H19NO2. The topological polar surface area (TPSA) is 38.3 Å². The fourth-order valence-electron chi connectivity index (χ4n) is 1.21. The van der Waals surface area contributed by atoms with E-state index in [1.54, 1.807) is 20.9 Å². The van der Waals surface area contributed by atoms with Crippen LogP contribution in [0.2, 0.25) is 0 Å². The van der Waals surface area contributed by atoms with E-state index in [2.05, 4.69) is 17.5 Å². The van der Waals surface area contributed by atoms with Gasteiger partial charge in [0.15, 0.2) is 0 Å². The smallest absolute Gasteiger partial charge is 0.326 e. The highest BCUT2D eigenvalue weighted by molar-refractivity contribution is 5.79. The Hall–Kier alpha value is -1.09. The molecule has 0 aliphatic heterocycles. The van der Waals surface area contributed by atoms with Gasteiger partial charge in [0.05, 0.1) is 0 Å². The fraction of sp³-hybridized carbons (Fsp3) is 0.583. The molecular weight excluding hydrogens is 190 g/mol. The highest BCUT2D eigenvalue weighted by Gasteiger charge is 2.26. The van der Waals surface area contributed by atoms with Gasteiger partial charge in [-0.25, -0.2) is 0 Å². The molecule has 0 aromatic heterocycles. The Bertz CT molecular complexity index is 290. The summed E-state index contributed by atoms with van der Waals surface area (Å²) in [7, 11) is 1.75. The number of esters is 1. The van der Waals surface area contributed by atoms with Gasteiger partial charge in [0, 0.05) is 0 Å². The number of likely N-dealkylation sites (N-methyl/N-ethyl adjacent to an activating group) is 1. The maximum atomic E-state index is 11.6. The van der Waals surface area contributed by atoms with Crippen LogP contribution < -0.4 is 5.32 Å². The van der Waals surface area contributed by atoms with Crippen LogP contribution in [0.1, 0.15) is 26.7 Å². The number of hydrogen-bond acceptors (Lipinski definition) is 3. The van der Waals surface area contributed by atoms with Crippen molar-refractivity contribution in [2.45, 2.75) is 32.2 Å². The van der Waals surface area contributed by atoms with Crippen LogP contribution in [0.15, 0.2) is 23.8 Å². The van der Waals surface area contributed by atoms with Gasteiger partial charge in [-0.3, -0.25) is 4.79 Å². The first-order valence-corrected chi connectivity index (χ1v) is 5.28. The van der Waals surface area contributed by atoms with Gasteiger partial charge < -0.3 is 10.1 Å². The third-order valence-electron chi connectivity index (χ3n) is 2.58. The van der Waals surface area contributed by atoms with Crippen LogP contribution >= 0.6 is 0 Å². The van der Waals surface area contributed by atoms with Gasteiger partial charge in [-0.15, -0.1) is 0 Å². The zero-order chi connectivity index (χ0) is 11.3. The number of ether oxygens (including phenoxy) is 1. The van der Waals surface area contributed by atoms with Crippen LogP contribution in [0.4, 0.5) is 0 Å². The van der Waals surface area contributed by atoms with E-state index in [0.29, 0.717) is 6.61 Å². The second-order valence-corrected chi connectivity index (χ2v) is 4.21. The first-order valence-electron chi connectivity index (χ1n) is 5.28. The van der Waals surface area contributed by atoms with E-state index in [-0.39, 0.29) is 5.97 Å². The molecule has 0 amide bonds. The summed E-state index contributed by atoms with van der Waals surface area (Å²) in [4.78, 5) is 11.6. The molecule has 1 aliphatic rings. The minimum absolute atomic E-state index is 0.218. The highest BCUT2D eigenvalue weighted by atomic mass is 16.5. The van der Waals surface area contributed by atoms with Crippen molar-refractivity contribution in [3.8, 4) is 0 Å². The van der Waals surface area contributed by atoms with Gasteiger partial charge in [-0.1, -0.05) is 18.2 Å². The minimum atomic E-state index is -0.612. The van der Waals surface area contributed by atoms with E-state index in [0.717, 1.165) is 18.4 Å². The highest BCUT2D eigenvalue weighted by Crippen LogP contribution is 2.11. The second-order valence-electron chi connectivity index (χ2n) is 4.21. The molecule has 0 spiro atoms. The Balaban J connectivity index is 2.40. The van der Waals surface area contributed by atoms with E-state index < -0.39 is 5.54 Å². The molecule has 0 fully saturated rings. The number of allylic oxidation sites excluding steroid dienone is 2. The Morgan fingerprint density at radius 1 is 1.53 bits per heavy atom. The van der Waals surface area contributed by atoms with E-state index in [9.17, 15) is 4.79 Å². The normalized spacial score (nSPS) is 16.1. The van der Waals surface area contributed by atoms with Crippen molar-refractivity contribution in [2.24, 2.45) is 0 Å². The van der Waals surface area contributed by atoms with Crippen molar-refractivity contribution in [1.82, 2.24) is 5.32 Å². The van der Waals surface area contributed by atoms with Gasteiger partial charge in [0.1, 0.15) is 12.1 Å². The lowest BCUT2D eigenvalue weighted by Gasteiger charge is -2.21. The summed E-state index contributed by atoms with van der Waals surface area (Å²) in [6, 6.07) is 0. The lowest BCUT2D eigenvalue weighted by Crippen LogP contribution is -2.45. The largest absolute Gasteiger partial charge is 0.459 e. The standard InChI is InChI=1S/C12H19NO2/c1-12(2,13-3)11(14)15-9-10-7-5-4-6-8-10/h5,7-8,13H,4,6,9H2,1-3H3. The van der Waals surface area contributed by atoms with Crippen LogP contribution in [0.25, 0.3) is 0 Å². The van der Waals surface area contributed by atoms with E-state index in [4.69, 9.17) is 4.74 Å². The Labute approximate surface area is 91.2 Å². The summed E-state index contributed by atoms with van der Waals surface area (Å²) in [6.07, 6.45) is 8.35. The van der Waals surface area contributed by atoms with Crippen molar-refractivity contribution in [1.29, 1.82) is 0 Å². The first kappa shape index (κ1) is 12.0. The summed E-state index contributed by atoms with van der Waals surface area (Å²) in [5.74, 6) is -0.218. The Kier molecular flexibility index (Phi) is 4.09. The number of carbonyl (C=O) groups excluding carboxylic acids is 1. The maximum Gasteiger partial charge on any atom is 0.326 e. The maximum absolute atomic E-state index is 11.6. The minimum Gasteiger partial charge on any atom is -0.459 e. The average molecular weight is 209 g/mol. The number of carbonyl (C=O) groups is 1. The lowest BCUT2D eigenvalue weighted by molar-refractivity contribution is -0.148. The quantitative estimate of drug-likeness (QED) is 0.717. The fourth-order valence-corrected chi connectivity index (χ4v) is 1.21. The van der Waals surface area contributed by atoms with Crippen LogP contribution in [-0.2, 0) is 9.53 Å². The van der Waals surface area contributed by atoms with E-state index in [1.165, 1.54) is 0 Å². The molecule has 0 heterocycles. The third kappa shape index (κ3) is 3.51. The molecule has 3 heteroatoms. The predicted octanol–water partition coefficient (Wildman–Crippen LogP) is 1.80. The van der Waals surface area contributed by atoms with Gasteiger partial charge >= 0.3 is 5.97 Å². The molecule has 0 aromatic rings. The average Bonchev–Trinajstić information content (AvgIpc) is 2.27.